The second-order valence-corrected chi connectivity index (χ2v) is 6.75. The topological polar surface area (TPSA) is 73.9 Å². The summed E-state index contributed by atoms with van der Waals surface area (Å²) in [6.45, 7) is 2.84. The van der Waals surface area contributed by atoms with Gasteiger partial charge in [-0.2, -0.15) is 0 Å². The van der Waals surface area contributed by atoms with E-state index in [1.54, 1.807) is 24.3 Å². The van der Waals surface area contributed by atoms with Crippen molar-refractivity contribution in [1.82, 2.24) is 5.32 Å². The van der Waals surface area contributed by atoms with E-state index < -0.39 is 5.97 Å². The van der Waals surface area contributed by atoms with Crippen LogP contribution < -0.4 is 10.1 Å². The molecule has 2 aromatic rings. The predicted molar refractivity (Wildman–Crippen MR) is 104 cm³/mol. The third-order valence-corrected chi connectivity index (χ3v) is 4.56. The number of carbonyl (C=O) groups is 2. The van der Waals surface area contributed by atoms with Crippen molar-refractivity contribution >= 4 is 11.9 Å². The molecule has 1 fully saturated rings. The molecule has 6 heteroatoms. The van der Waals surface area contributed by atoms with E-state index in [-0.39, 0.29) is 24.7 Å². The summed E-state index contributed by atoms with van der Waals surface area (Å²) >= 11 is 0. The fourth-order valence-corrected chi connectivity index (χ4v) is 2.97. The van der Waals surface area contributed by atoms with E-state index in [9.17, 15) is 9.59 Å². The van der Waals surface area contributed by atoms with Gasteiger partial charge in [0.2, 0.25) is 0 Å². The number of ether oxygens (including phenoxy) is 3. The van der Waals surface area contributed by atoms with Crippen molar-refractivity contribution in [3.05, 3.63) is 65.7 Å². The zero-order chi connectivity index (χ0) is 19.8. The maximum atomic E-state index is 12.1. The largest absolute Gasteiger partial charge is 0.491 e. The Bertz CT molecular complexity index is 769. The molecule has 0 bridgehead atoms. The summed E-state index contributed by atoms with van der Waals surface area (Å²) in [5.74, 6) is -0.226. The number of nitrogens with one attached hydrogen (secondary N) is 1. The predicted octanol–water partition coefficient (Wildman–Crippen LogP) is 3.28. The summed E-state index contributed by atoms with van der Waals surface area (Å²) in [6.07, 6.45) is 2.22. The Kier molecular flexibility index (Phi) is 7.03. The summed E-state index contributed by atoms with van der Waals surface area (Å²) in [7, 11) is 0. The van der Waals surface area contributed by atoms with Crippen molar-refractivity contribution in [2.75, 3.05) is 19.8 Å². The Morgan fingerprint density at radius 1 is 1.14 bits per heavy atom. The number of carbonyl (C=O) groups excluding carboxylic acids is 2. The molecule has 1 aliphatic rings. The minimum absolute atomic E-state index is 0.140. The minimum Gasteiger partial charge on any atom is -0.491 e. The number of benzene rings is 2. The number of amides is 1. The Labute approximate surface area is 164 Å². The molecule has 0 radical (unpaired) electrons. The highest BCUT2D eigenvalue weighted by Crippen LogP contribution is 2.17. The third kappa shape index (κ3) is 5.82. The van der Waals surface area contributed by atoms with E-state index in [1.165, 1.54) is 0 Å². The lowest BCUT2D eigenvalue weighted by Gasteiger charge is -2.14. The van der Waals surface area contributed by atoms with Crippen LogP contribution in [0.1, 0.15) is 41.7 Å². The Hall–Kier alpha value is -2.86. The summed E-state index contributed by atoms with van der Waals surface area (Å²) in [6, 6.07) is 16.1. The molecule has 0 aromatic heterocycles. The van der Waals surface area contributed by atoms with Gasteiger partial charge in [0, 0.05) is 6.61 Å². The molecule has 6 nitrogen and oxygen atoms in total. The van der Waals surface area contributed by atoms with E-state index in [1.807, 2.05) is 37.3 Å². The maximum Gasteiger partial charge on any atom is 0.338 e. The van der Waals surface area contributed by atoms with Crippen LogP contribution in [0.4, 0.5) is 0 Å². The van der Waals surface area contributed by atoms with Crippen LogP contribution in [0, 0.1) is 0 Å². The van der Waals surface area contributed by atoms with Crippen molar-refractivity contribution in [2.45, 2.75) is 31.9 Å². The van der Waals surface area contributed by atoms with Gasteiger partial charge in [-0.3, -0.25) is 4.79 Å². The SMILES string of the molecule is C[C@@H](NC(=O)COC(=O)c1ccc(OC[C@H]2CCCO2)cc1)c1ccccc1. The first-order valence-electron chi connectivity index (χ1n) is 9.48. The lowest BCUT2D eigenvalue weighted by molar-refractivity contribution is -0.124. The van der Waals surface area contributed by atoms with Crippen LogP contribution in [0.25, 0.3) is 0 Å². The average Bonchev–Trinajstić information content (AvgIpc) is 3.25. The molecule has 1 N–H and O–H groups in total. The first-order valence-corrected chi connectivity index (χ1v) is 9.48. The molecule has 28 heavy (non-hydrogen) atoms. The van der Waals surface area contributed by atoms with Crippen LogP contribution >= 0.6 is 0 Å². The molecule has 0 unspecified atom stereocenters. The molecule has 0 saturated carbocycles. The van der Waals surface area contributed by atoms with Gasteiger partial charge in [-0.1, -0.05) is 30.3 Å². The van der Waals surface area contributed by atoms with Crippen LogP contribution in [0.15, 0.2) is 54.6 Å². The molecular weight excluding hydrogens is 358 g/mol. The van der Waals surface area contributed by atoms with Gasteiger partial charge < -0.3 is 19.5 Å². The molecule has 1 aliphatic heterocycles. The fourth-order valence-electron chi connectivity index (χ4n) is 2.97. The van der Waals surface area contributed by atoms with Crippen LogP contribution in [0.2, 0.25) is 0 Å². The lowest BCUT2D eigenvalue weighted by atomic mass is 10.1. The zero-order valence-electron chi connectivity index (χ0n) is 15.9. The van der Waals surface area contributed by atoms with Gasteiger partial charge >= 0.3 is 5.97 Å². The zero-order valence-corrected chi connectivity index (χ0v) is 15.9. The Morgan fingerprint density at radius 2 is 1.89 bits per heavy atom. The van der Waals surface area contributed by atoms with Crippen molar-refractivity contribution in [2.24, 2.45) is 0 Å². The van der Waals surface area contributed by atoms with Crippen LogP contribution in [-0.4, -0.2) is 37.8 Å². The second-order valence-electron chi connectivity index (χ2n) is 6.75. The first-order chi connectivity index (χ1) is 13.6. The molecule has 0 aliphatic carbocycles. The van der Waals surface area contributed by atoms with Crippen LogP contribution in [0.3, 0.4) is 0 Å². The normalized spacial score (nSPS) is 17.0. The molecule has 148 valence electrons. The number of rotatable bonds is 8. The van der Waals surface area contributed by atoms with Gasteiger partial charge in [0.1, 0.15) is 12.4 Å². The summed E-state index contributed by atoms with van der Waals surface area (Å²) in [5.41, 5.74) is 1.36. The number of hydrogen-bond acceptors (Lipinski definition) is 5. The smallest absolute Gasteiger partial charge is 0.338 e. The highest BCUT2D eigenvalue weighted by Gasteiger charge is 2.16. The highest BCUT2D eigenvalue weighted by molar-refractivity contribution is 5.91. The van der Waals surface area contributed by atoms with Crippen molar-refractivity contribution in [3.8, 4) is 5.75 Å². The van der Waals surface area contributed by atoms with E-state index in [4.69, 9.17) is 14.2 Å². The van der Waals surface area contributed by atoms with Crippen molar-refractivity contribution in [1.29, 1.82) is 0 Å². The molecule has 2 atom stereocenters. The highest BCUT2D eigenvalue weighted by atomic mass is 16.5. The van der Waals surface area contributed by atoms with E-state index in [0.717, 1.165) is 25.0 Å². The monoisotopic (exact) mass is 383 g/mol. The van der Waals surface area contributed by atoms with E-state index in [2.05, 4.69) is 5.32 Å². The number of esters is 1. The maximum absolute atomic E-state index is 12.1. The standard InChI is InChI=1S/C22H25NO5/c1-16(17-6-3-2-4-7-17)23-21(24)15-28-22(25)18-9-11-19(12-10-18)27-14-20-8-5-13-26-20/h2-4,6-7,9-12,16,20H,5,8,13-15H2,1H3,(H,23,24)/t16-,20-/m1/s1. The van der Waals surface area contributed by atoms with Crippen LogP contribution in [-0.2, 0) is 14.3 Å². The molecule has 1 saturated heterocycles. The first kappa shape index (κ1) is 19.9. The molecule has 3 rings (SSSR count). The third-order valence-electron chi connectivity index (χ3n) is 4.56. The number of hydrogen-bond donors (Lipinski definition) is 1. The summed E-state index contributed by atoms with van der Waals surface area (Å²) < 4.78 is 16.3. The van der Waals surface area contributed by atoms with E-state index in [0.29, 0.717) is 17.9 Å². The fraction of sp³-hybridized carbons (Fsp3) is 0.364. The quantitative estimate of drug-likeness (QED) is 0.708. The molecule has 1 amide bonds. The minimum atomic E-state index is -0.548. The van der Waals surface area contributed by atoms with E-state index >= 15 is 0 Å². The Morgan fingerprint density at radius 3 is 2.57 bits per heavy atom. The summed E-state index contributed by atoms with van der Waals surface area (Å²) in [4.78, 5) is 24.1. The van der Waals surface area contributed by atoms with Crippen LogP contribution in [0.5, 0.6) is 5.75 Å². The molecule has 0 spiro atoms. The molecular formula is C22H25NO5. The van der Waals surface area contributed by atoms with Crippen molar-refractivity contribution < 1.29 is 23.8 Å². The van der Waals surface area contributed by atoms with Gasteiger partial charge in [0.15, 0.2) is 6.61 Å². The van der Waals surface area contributed by atoms with Gasteiger partial charge in [-0.15, -0.1) is 0 Å². The molecule has 2 aromatic carbocycles. The average molecular weight is 383 g/mol. The second kappa shape index (κ2) is 9.90. The summed E-state index contributed by atoms with van der Waals surface area (Å²) in [5, 5.41) is 2.81. The lowest BCUT2D eigenvalue weighted by Crippen LogP contribution is -2.31. The van der Waals surface area contributed by atoms with Gasteiger partial charge in [-0.05, 0) is 49.6 Å². The van der Waals surface area contributed by atoms with Crippen molar-refractivity contribution in [3.63, 3.8) is 0 Å². The molecule has 1 heterocycles. The van der Waals surface area contributed by atoms with Gasteiger partial charge in [-0.25, -0.2) is 4.79 Å². The van der Waals surface area contributed by atoms with Gasteiger partial charge in [0.25, 0.3) is 5.91 Å². The van der Waals surface area contributed by atoms with Gasteiger partial charge in [0.05, 0.1) is 17.7 Å². The Balaban J connectivity index is 1.41.